The molecule has 3 heterocycles. The molecule has 0 atom stereocenters. The van der Waals surface area contributed by atoms with Crippen molar-refractivity contribution in [3.8, 4) is 11.3 Å². The molecule has 4 rings (SSSR count). The second-order valence-corrected chi connectivity index (χ2v) is 7.47. The maximum Gasteiger partial charge on any atom is 0.255 e. The van der Waals surface area contributed by atoms with Crippen LogP contribution in [0.5, 0.6) is 0 Å². The molecule has 7 heteroatoms. The summed E-state index contributed by atoms with van der Waals surface area (Å²) in [6.45, 7) is 6.02. The first-order valence-electron chi connectivity index (χ1n) is 8.51. The van der Waals surface area contributed by atoms with Crippen molar-refractivity contribution >= 4 is 22.2 Å². The third-order valence-corrected chi connectivity index (χ3v) is 5.64. The molecule has 0 saturated heterocycles. The van der Waals surface area contributed by atoms with E-state index >= 15 is 0 Å². The van der Waals surface area contributed by atoms with Gasteiger partial charge in [-0.15, -0.1) is 0 Å². The van der Waals surface area contributed by atoms with Crippen LogP contribution in [-0.2, 0) is 6.54 Å². The number of aromatic nitrogens is 2. The normalized spacial score (nSPS) is 11.3. The van der Waals surface area contributed by atoms with E-state index in [0.717, 1.165) is 32.5 Å². The van der Waals surface area contributed by atoms with Crippen molar-refractivity contribution in [2.75, 3.05) is 0 Å². The zero-order chi connectivity index (χ0) is 19.1. The topological polar surface area (TPSA) is 59.5 Å². The molecule has 0 aliphatic carbocycles. The molecular weight excluding hydrogens is 365 g/mol. The molecule has 0 unspecified atom stereocenters. The van der Waals surface area contributed by atoms with Crippen molar-refractivity contribution in [3.63, 3.8) is 0 Å². The molecule has 4 aromatic rings. The van der Waals surface area contributed by atoms with E-state index < -0.39 is 0 Å². The molecule has 138 valence electrons. The Kier molecular flexibility index (Phi) is 4.31. The molecule has 0 fully saturated rings. The zero-order valence-electron chi connectivity index (χ0n) is 15.2. The molecule has 1 N–H and O–H groups in total. The van der Waals surface area contributed by atoms with Gasteiger partial charge in [0.1, 0.15) is 17.3 Å². The number of fused-ring (bicyclic) bond motifs is 1. The molecule has 0 bridgehead atoms. The van der Waals surface area contributed by atoms with Crippen molar-refractivity contribution in [1.82, 2.24) is 14.7 Å². The molecule has 0 saturated carbocycles. The minimum absolute atomic E-state index is 0.151. The van der Waals surface area contributed by atoms with E-state index in [1.54, 1.807) is 25.1 Å². The third kappa shape index (κ3) is 3.26. The van der Waals surface area contributed by atoms with Crippen molar-refractivity contribution < 1.29 is 13.6 Å². The average molecular weight is 383 g/mol. The maximum atomic E-state index is 13.1. The van der Waals surface area contributed by atoms with Crippen LogP contribution in [0.1, 0.15) is 32.4 Å². The second kappa shape index (κ2) is 6.66. The number of imidazole rings is 1. The number of hydrogen-bond acceptors (Lipinski definition) is 4. The Balaban J connectivity index is 1.54. The number of benzene rings is 1. The van der Waals surface area contributed by atoms with Crippen molar-refractivity contribution in [2.45, 2.75) is 27.3 Å². The molecule has 27 heavy (non-hydrogen) atoms. The lowest BCUT2D eigenvalue weighted by Crippen LogP contribution is -2.22. The number of nitrogens with zero attached hydrogens (tertiary/aromatic N) is 2. The summed E-state index contributed by atoms with van der Waals surface area (Å²) in [7, 11) is 0. The molecule has 1 amide bonds. The Labute approximate surface area is 159 Å². The summed E-state index contributed by atoms with van der Waals surface area (Å²) < 4.78 is 20.5. The Bertz CT molecular complexity index is 1140. The van der Waals surface area contributed by atoms with Crippen LogP contribution in [0.25, 0.3) is 16.2 Å². The van der Waals surface area contributed by atoms with Crippen molar-refractivity contribution in [2.24, 2.45) is 0 Å². The second-order valence-electron chi connectivity index (χ2n) is 6.41. The van der Waals surface area contributed by atoms with Crippen LogP contribution in [-0.4, -0.2) is 15.3 Å². The van der Waals surface area contributed by atoms with Crippen molar-refractivity contribution in [3.05, 3.63) is 70.0 Å². The summed E-state index contributed by atoms with van der Waals surface area (Å²) in [5.74, 6) is 0.919. The van der Waals surface area contributed by atoms with Crippen LogP contribution in [0.15, 0.2) is 40.9 Å². The zero-order valence-corrected chi connectivity index (χ0v) is 16.0. The van der Waals surface area contributed by atoms with E-state index in [4.69, 9.17) is 4.42 Å². The third-order valence-electron chi connectivity index (χ3n) is 4.49. The predicted octanol–water partition coefficient (Wildman–Crippen LogP) is 4.65. The van der Waals surface area contributed by atoms with Gasteiger partial charge in [-0.25, -0.2) is 9.37 Å². The summed E-state index contributed by atoms with van der Waals surface area (Å²) in [6, 6.07) is 8.03. The van der Waals surface area contributed by atoms with Crippen molar-refractivity contribution in [1.29, 1.82) is 0 Å². The van der Waals surface area contributed by atoms with E-state index in [0.29, 0.717) is 17.9 Å². The Morgan fingerprint density at radius 3 is 2.63 bits per heavy atom. The van der Waals surface area contributed by atoms with Gasteiger partial charge in [0.2, 0.25) is 0 Å². The van der Waals surface area contributed by atoms with Gasteiger partial charge >= 0.3 is 0 Å². The van der Waals surface area contributed by atoms with Gasteiger partial charge in [0.25, 0.3) is 5.91 Å². The summed E-state index contributed by atoms with van der Waals surface area (Å²) in [5, 5.41) is 2.94. The molecule has 0 spiro atoms. The lowest BCUT2D eigenvalue weighted by molar-refractivity contribution is 0.0949. The van der Waals surface area contributed by atoms with Gasteiger partial charge < -0.3 is 9.73 Å². The van der Waals surface area contributed by atoms with Gasteiger partial charge in [0.05, 0.1) is 17.8 Å². The first-order valence-corrected chi connectivity index (χ1v) is 9.32. The predicted molar refractivity (Wildman–Crippen MR) is 103 cm³/mol. The maximum absolute atomic E-state index is 13.1. The van der Waals surface area contributed by atoms with Crippen LogP contribution in [0, 0.1) is 26.6 Å². The molecule has 0 radical (unpaired) electrons. The van der Waals surface area contributed by atoms with Gasteiger partial charge in [-0.1, -0.05) is 11.3 Å². The van der Waals surface area contributed by atoms with E-state index in [1.165, 1.54) is 23.5 Å². The SMILES string of the molecule is Cc1cc(C(=O)NCc2sc3nc(-c4ccc(F)cc4)cn3c2C)c(C)o1. The number of amides is 1. The smallest absolute Gasteiger partial charge is 0.255 e. The largest absolute Gasteiger partial charge is 0.466 e. The van der Waals surface area contributed by atoms with Crippen LogP contribution in [0.2, 0.25) is 0 Å². The number of carbonyl (C=O) groups excluding carboxylic acids is 1. The van der Waals surface area contributed by atoms with Gasteiger partial charge in [0.15, 0.2) is 4.96 Å². The van der Waals surface area contributed by atoms with Crippen LogP contribution >= 0.6 is 11.3 Å². The highest BCUT2D eigenvalue weighted by atomic mass is 32.1. The summed E-state index contributed by atoms with van der Waals surface area (Å²) >= 11 is 1.53. The molecule has 0 aliphatic rings. The highest BCUT2D eigenvalue weighted by Crippen LogP contribution is 2.27. The molecular formula is C20H18FN3O2S. The molecule has 3 aromatic heterocycles. The summed E-state index contributed by atoms with van der Waals surface area (Å²) in [6.07, 6.45) is 1.93. The lowest BCUT2D eigenvalue weighted by Gasteiger charge is -2.03. The van der Waals surface area contributed by atoms with Gasteiger partial charge in [0, 0.05) is 22.3 Å². The monoisotopic (exact) mass is 383 g/mol. The minimum atomic E-state index is -0.267. The number of rotatable bonds is 4. The van der Waals surface area contributed by atoms with E-state index in [1.807, 2.05) is 24.4 Å². The fourth-order valence-electron chi connectivity index (χ4n) is 3.03. The lowest BCUT2D eigenvalue weighted by atomic mass is 10.2. The standard InChI is InChI=1S/C20H18FN3O2S/c1-11-8-16(13(3)26-11)19(25)22-9-18-12(2)24-10-17(23-20(24)27-18)14-4-6-15(21)7-5-14/h4-8,10H,9H2,1-3H3,(H,22,25). The number of halogens is 1. The highest BCUT2D eigenvalue weighted by molar-refractivity contribution is 7.17. The molecule has 5 nitrogen and oxygen atoms in total. The fraction of sp³-hybridized carbons (Fsp3) is 0.200. The van der Waals surface area contributed by atoms with Gasteiger partial charge in [-0.05, 0) is 51.1 Å². The highest BCUT2D eigenvalue weighted by Gasteiger charge is 2.16. The van der Waals surface area contributed by atoms with Gasteiger partial charge in [-0.2, -0.15) is 0 Å². The molecule has 1 aromatic carbocycles. The number of nitrogens with one attached hydrogen (secondary N) is 1. The Morgan fingerprint density at radius 1 is 1.26 bits per heavy atom. The van der Waals surface area contributed by atoms with E-state index in [2.05, 4.69) is 10.3 Å². The summed E-state index contributed by atoms with van der Waals surface area (Å²) in [4.78, 5) is 18.9. The Hall–Kier alpha value is -2.93. The van der Waals surface area contributed by atoms with E-state index in [-0.39, 0.29) is 11.7 Å². The van der Waals surface area contributed by atoms with Crippen LogP contribution in [0.4, 0.5) is 4.39 Å². The first-order chi connectivity index (χ1) is 12.9. The number of hydrogen-bond donors (Lipinski definition) is 1. The number of aryl methyl sites for hydroxylation is 3. The van der Waals surface area contributed by atoms with Crippen LogP contribution in [0.3, 0.4) is 0 Å². The van der Waals surface area contributed by atoms with E-state index in [9.17, 15) is 9.18 Å². The molecule has 0 aliphatic heterocycles. The summed E-state index contributed by atoms with van der Waals surface area (Å²) in [5.41, 5.74) is 3.25. The number of carbonyl (C=O) groups is 1. The minimum Gasteiger partial charge on any atom is -0.466 e. The number of thiazole rings is 1. The van der Waals surface area contributed by atoms with Gasteiger partial charge in [-0.3, -0.25) is 9.20 Å². The Morgan fingerprint density at radius 2 is 2.00 bits per heavy atom. The average Bonchev–Trinajstić information content (AvgIpc) is 3.28. The van der Waals surface area contributed by atoms with Crippen LogP contribution < -0.4 is 5.32 Å². The quantitative estimate of drug-likeness (QED) is 0.558. The fourth-order valence-corrected chi connectivity index (χ4v) is 4.07. The first kappa shape index (κ1) is 17.5. The number of furan rings is 1.